The van der Waals surface area contributed by atoms with Crippen LogP contribution < -0.4 is 5.73 Å². The van der Waals surface area contributed by atoms with Crippen molar-refractivity contribution in [2.24, 2.45) is 11.7 Å². The molecule has 0 aliphatic carbocycles. The van der Waals surface area contributed by atoms with Gasteiger partial charge in [-0.25, -0.2) is 0 Å². The summed E-state index contributed by atoms with van der Waals surface area (Å²) in [7, 11) is 0. The highest BCUT2D eigenvalue weighted by atomic mass is 14.6. The molecule has 1 nitrogen and oxygen atoms in total. The Hall–Kier alpha value is -0.820. The molecule has 0 heterocycles. The predicted octanol–water partition coefficient (Wildman–Crippen LogP) is 4.91. The summed E-state index contributed by atoms with van der Waals surface area (Å²) in [6.07, 6.45) is 6.32. The van der Waals surface area contributed by atoms with E-state index in [9.17, 15) is 0 Å². The Kier molecular flexibility index (Phi) is 6.42. The summed E-state index contributed by atoms with van der Waals surface area (Å²) in [5.41, 5.74) is 10.4. The highest BCUT2D eigenvalue weighted by Crippen LogP contribution is 2.26. The molecule has 2 N–H and O–H groups in total. The molecular formula is C17H29N. The van der Waals surface area contributed by atoms with Crippen LogP contribution in [-0.4, -0.2) is 0 Å². The van der Waals surface area contributed by atoms with Gasteiger partial charge in [0.25, 0.3) is 0 Å². The van der Waals surface area contributed by atoms with Crippen molar-refractivity contribution in [2.75, 3.05) is 0 Å². The summed E-state index contributed by atoms with van der Waals surface area (Å²) in [6.45, 7) is 8.87. The second-order valence-electron chi connectivity index (χ2n) is 5.60. The minimum absolute atomic E-state index is 0.200. The molecule has 0 saturated carbocycles. The van der Waals surface area contributed by atoms with Gasteiger partial charge in [-0.05, 0) is 42.9 Å². The first-order valence-corrected chi connectivity index (χ1v) is 7.41. The lowest BCUT2D eigenvalue weighted by atomic mass is 9.89. The molecule has 0 amide bonds. The molecule has 0 saturated heterocycles. The molecule has 0 aromatic heterocycles. The standard InChI is InChI=1S/C17H29N/c1-5-7-8-15(6-2)12-17(18)16-10-9-13(3)14(4)11-16/h9-11,15,17H,5-8,12,18H2,1-4H3. The normalized spacial score (nSPS) is 14.5. The van der Waals surface area contributed by atoms with Crippen molar-refractivity contribution in [1.82, 2.24) is 0 Å². The molecular weight excluding hydrogens is 218 g/mol. The highest BCUT2D eigenvalue weighted by Gasteiger charge is 2.13. The van der Waals surface area contributed by atoms with Gasteiger partial charge < -0.3 is 5.73 Å². The van der Waals surface area contributed by atoms with Crippen molar-refractivity contribution in [3.8, 4) is 0 Å². The summed E-state index contributed by atoms with van der Waals surface area (Å²) >= 11 is 0. The minimum atomic E-state index is 0.200. The third-order valence-corrected chi connectivity index (χ3v) is 4.09. The molecule has 0 spiro atoms. The number of hydrogen-bond acceptors (Lipinski definition) is 1. The zero-order chi connectivity index (χ0) is 13.5. The summed E-state index contributed by atoms with van der Waals surface area (Å²) in [6, 6.07) is 6.84. The minimum Gasteiger partial charge on any atom is -0.324 e. The summed E-state index contributed by atoms with van der Waals surface area (Å²) in [5.74, 6) is 0.779. The molecule has 1 aromatic carbocycles. The number of rotatable bonds is 7. The lowest BCUT2D eigenvalue weighted by Crippen LogP contribution is -2.15. The smallest absolute Gasteiger partial charge is 0.0297 e. The predicted molar refractivity (Wildman–Crippen MR) is 80.8 cm³/mol. The van der Waals surface area contributed by atoms with Crippen LogP contribution in [0.25, 0.3) is 0 Å². The molecule has 2 atom stereocenters. The number of hydrogen-bond donors (Lipinski definition) is 1. The van der Waals surface area contributed by atoms with E-state index >= 15 is 0 Å². The van der Waals surface area contributed by atoms with Crippen LogP contribution in [0.15, 0.2) is 18.2 Å². The van der Waals surface area contributed by atoms with Gasteiger partial charge in [0, 0.05) is 6.04 Å². The van der Waals surface area contributed by atoms with Crippen molar-refractivity contribution < 1.29 is 0 Å². The van der Waals surface area contributed by atoms with Gasteiger partial charge in [0.1, 0.15) is 0 Å². The fraction of sp³-hybridized carbons (Fsp3) is 0.647. The van der Waals surface area contributed by atoms with Gasteiger partial charge >= 0.3 is 0 Å². The first-order valence-electron chi connectivity index (χ1n) is 7.41. The molecule has 18 heavy (non-hydrogen) atoms. The van der Waals surface area contributed by atoms with E-state index < -0.39 is 0 Å². The zero-order valence-electron chi connectivity index (χ0n) is 12.5. The Morgan fingerprint density at radius 1 is 1.11 bits per heavy atom. The van der Waals surface area contributed by atoms with Crippen LogP contribution in [-0.2, 0) is 0 Å². The van der Waals surface area contributed by atoms with Gasteiger partial charge in [0.15, 0.2) is 0 Å². The largest absolute Gasteiger partial charge is 0.324 e. The maximum atomic E-state index is 6.36. The molecule has 1 rings (SSSR count). The Morgan fingerprint density at radius 2 is 1.83 bits per heavy atom. The fourth-order valence-electron chi connectivity index (χ4n) is 2.47. The van der Waals surface area contributed by atoms with Crippen molar-refractivity contribution in [1.29, 1.82) is 0 Å². The molecule has 0 radical (unpaired) electrons. The Morgan fingerprint density at radius 3 is 2.39 bits per heavy atom. The zero-order valence-corrected chi connectivity index (χ0v) is 12.5. The van der Waals surface area contributed by atoms with Crippen LogP contribution in [0.5, 0.6) is 0 Å². The van der Waals surface area contributed by atoms with Crippen LogP contribution in [0.3, 0.4) is 0 Å². The van der Waals surface area contributed by atoms with Crippen LogP contribution in [0.2, 0.25) is 0 Å². The molecule has 2 unspecified atom stereocenters. The number of benzene rings is 1. The number of unbranched alkanes of at least 4 members (excludes halogenated alkanes) is 1. The van der Waals surface area contributed by atoms with Gasteiger partial charge in [-0.15, -0.1) is 0 Å². The second-order valence-corrected chi connectivity index (χ2v) is 5.60. The van der Waals surface area contributed by atoms with Crippen LogP contribution in [0.1, 0.15) is 68.7 Å². The van der Waals surface area contributed by atoms with Crippen molar-refractivity contribution >= 4 is 0 Å². The van der Waals surface area contributed by atoms with E-state index in [4.69, 9.17) is 5.73 Å². The van der Waals surface area contributed by atoms with Gasteiger partial charge in [0.2, 0.25) is 0 Å². The van der Waals surface area contributed by atoms with Crippen LogP contribution in [0.4, 0.5) is 0 Å². The molecule has 1 heteroatoms. The van der Waals surface area contributed by atoms with Gasteiger partial charge in [0.05, 0.1) is 0 Å². The summed E-state index contributed by atoms with van der Waals surface area (Å²) in [4.78, 5) is 0. The average molecular weight is 247 g/mol. The van der Waals surface area contributed by atoms with Gasteiger partial charge in [-0.1, -0.05) is 57.7 Å². The van der Waals surface area contributed by atoms with E-state index in [1.165, 1.54) is 42.4 Å². The SMILES string of the molecule is CCCCC(CC)CC(N)c1ccc(C)c(C)c1. The second kappa shape index (κ2) is 7.58. The van der Waals surface area contributed by atoms with E-state index in [-0.39, 0.29) is 6.04 Å². The quantitative estimate of drug-likeness (QED) is 0.728. The van der Waals surface area contributed by atoms with Crippen molar-refractivity contribution in [3.05, 3.63) is 34.9 Å². The summed E-state index contributed by atoms with van der Waals surface area (Å²) < 4.78 is 0. The Balaban J connectivity index is 2.62. The van der Waals surface area contributed by atoms with Crippen LogP contribution in [0, 0.1) is 19.8 Å². The van der Waals surface area contributed by atoms with E-state index in [1.807, 2.05) is 0 Å². The van der Waals surface area contributed by atoms with E-state index in [2.05, 4.69) is 45.9 Å². The third kappa shape index (κ3) is 4.45. The maximum Gasteiger partial charge on any atom is 0.0297 e. The third-order valence-electron chi connectivity index (χ3n) is 4.09. The number of nitrogens with two attached hydrogens (primary N) is 1. The maximum absolute atomic E-state index is 6.36. The van der Waals surface area contributed by atoms with Crippen molar-refractivity contribution in [3.63, 3.8) is 0 Å². The van der Waals surface area contributed by atoms with Crippen LogP contribution >= 0.6 is 0 Å². The molecule has 102 valence electrons. The van der Waals surface area contributed by atoms with Gasteiger partial charge in [-0.3, -0.25) is 0 Å². The van der Waals surface area contributed by atoms with E-state index in [0.29, 0.717) is 0 Å². The Bertz CT molecular complexity index is 357. The lowest BCUT2D eigenvalue weighted by Gasteiger charge is -2.20. The lowest BCUT2D eigenvalue weighted by molar-refractivity contribution is 0.388. The molecule has 1 aromatic rings. The fourth-order valence-corrected chi connectivity index (χ4v) is 2.47. The summed E-state index contributed by atoms with van der Waals surface area (Å²) in [5, 5.41) is 0. The molecule has 0 aliphatic rings. The molecule has 0 aliphatic heterocycles. The first kappa shape index (κ1) is 15.2. The molecule has 0 bridgehead atoms. The average Bonchev–Trinajstić information content (AvgIpc) is 2.37. The monoisotopic (exact) mass is 247 g/mol. The number of aryl methyl sites for hydroxylation is 2. The molecule has 0 fully saturated rings. The highest BCUT2D eigenvalue weighted by molar-refractivity contribution is 5.31. The van der Waals surface area contributed by atoms with E-state index in [0.717, 1.165) is 12.3 Å². The first-order chi connectivity index (χ1) is 8.58. The topological polar surface area (TPSA) is 26.0 Å². The van der Waals surface area contributed by atoms with Gasteiger partial charge in [-0.2, -0.15) is 0 Å². The Labute approximate surface area is 113 Å². The van der Waals surface area contributed by atoms with Crippen molar-refractivity contribution in [2.45, 2.75) is 65.8 Å². The van der Waals surface area contributed by atoms with E-state index in [1.54, 1.807) is 0 Å².